The van der Waals surface area contributed by atoms with Gasteiger partial charge in [0, 0.05) is 5.69 Å². The lowest BCUT2D eigenvalue weighted by molar-refractivity contribution is -0.274. The molecule has 0 heterocycles. The lowest BCUT2D eigenvalue weighted by Crippen LogP contribution is -2.17. The highest BCUT2D eigenvalue weighted by Gasteiger charge is 2.31. The highest BCUT2D eigenvalue weighted by atomic mass is 19.4. The zero-order chi connectivity index (χ0) is 12.9. The third-order valence-electron chi connectivity index (χ3n) is 1.67. The van der Waals surface area contributed by atoms with Crippen molar-refractivity contribution >= 4 is 12.0 Å². The maximum absolute atomic E-state index is 11.9. The van der Waals surface area contributed by atoms with E-state index in [-0.39, 0.29) is 17.7 Å². The fourth-order valence-electron chi connectivity index (χ4n) is 1.03. The second kappa shape index (κ2) is 5.25. The number of benzene rings is 1. The number of hydrogen-bond acceptors (Lipinski definition) is 3. The molecule has 0 amide bonds. The Morgan fingerprint density at radius 2 is 2.12 bits per heavy atom. The standard InChI is InChI=1S/C11H8F3NO2/c12-11(13,14)17-9-4-5-10(15)8(7-9)3-1-2-6-16/h4-7H,2,15H2. The van der Waals surface area contributed by atoms with E-state index in [0.717, 1.165) is 12.1 Å². The number of rotatable bonds is 2. The van der Waals surface area contributed by atoms with Gasteiger partial charge in [-0.05, 0) is 18.2 Å². The lowest BCUT2D eigenvalue weighted by Gasteiger charge is -2.09. The molecule has 0 atom stereocenters. The summed E-state index contributed by atoms with van der Waals surface area (Å²) in [5.74, 6) is 4.53. The number of halogens is 3. The van der Waals surface area contributed by atoms with Crippen molar-refractivity contribution in [3.63, 3.8) is 0 Å². The normalized spacial score (nSPS) is 10.3. The van der Waals surface area contributed by atoms with E-state index in [1.807, 2.05) is 0 Å². The molecule has 0 bridgehead atoms. The molecule has 0 unspecified atom stereocenters. The van der Waals surface area contributed by atoms with Crippen LogP contribution in [0, 0.1) is 11.8 Å². The van der Waals surface area contributed by atoms with Crippen molar-refractivity contribution in [1.82, 2.24) is 0 Å². The first-order valence-corrected chi connectivity index (χ1v) is 4.50. The van der Waals surface area contributed by atoms with Crippen LogP contribution < -0.4 is 10.5 Å². The number of aldehydes is 1. The van der Waals surface area contributed by atoms with Gasteiger partial charge in [0.1, 0.15) is 12.0 Å². The van der Waals surface area contributed by atoms with Gasteiger partial charge in [0.15, 0.2) is 0 Å². The summed E-state index contributed by atoms with van der Waals surface area (Å²) in [6, 6.07) is 3.42. The summed E-state index contributed by atoms with van der Waals surface area (Å²) in [6.45, 7) is 0. The van der Waals surface area contributed by atoms with Gasteiger partial charge in [0.25, 0.3) is 0 Å². The van der Waals surface area contributed by atoms with Gasteiger partial charge < -0.3 is 15.3 Å². The Morgan fingerprint density at radius 1 is 1.41 bits per heavy atom. The van der Waals surface area contributed by atoms with Crippen molar-refractivity contribution in [1.29, 1.82) is 0 Å². The summed E-state index contributed by atoms with van der Waals surface area (Å²) in [5.41, 5.74) is 5.92. The minimum Gasteiger partial charge on any atom is -0.406 e. The molecule has 1 aromatic rings. The van der Waals surface area contributed by atoms with Gasteiger partial charge in [-0.3, -0.25) is 0 Å². The van der Waals surface area contributed by atoms with Crippen LogP contribution in [0.5, 0.6) is 5.75 Å². The molecule has 0 saturated heterocycles. The summed E-state index contributed by atoms with van der Waals surface area (Å²) < 4.78 is 39.5. The maximum Gasteiger partial charge on any atom is 0.573 e. The second-order valence-corrected chi connectivity index (χ2v) is 2.97. The Balaban J connectivity index is 2.95. The molecule has 0 spiro atoms. The summed E-state index contributed by atoms with van der Waals surface area (Å²) in [6.07, 6.45) is -4.19. The van der Waals surface area contributed by atoms with Crippen molar-refractivity contribution in [2.75, 3.05) is 5.73 Å². The summed E-state index contributed by atoms with van der Waals surface area (Å²) >= 11 is 0. The number of alkyl halides is 3. The quantitative estimate of drug-likeness (QED) is 0.491. The van der Waals surface area contributed by atoms with Gasteiger partial charge in [0.05, 0.1) is 12.0 Å². The number of hydrogen-bond donors (Lipinski definition) is 1. The average molecular weight is 243 g/mol. The smallest absolute Gasteiger partial charge is 0.406 e. The second-order valence-electron chi connectivity index (χ2n) is 2.97. The molecular formula is C11H8F3NO2. The van der Waals surface area contributed by atoms with E-state index in [1.54, 1.807) is 0 Å². The molecule has 1 aromatic carbocycles. The van der Waals surface area contributed by atoms with Crippen LogP contribution in [0.1, 0.15) is 12.0 Å². The van der Waals surface area contributed by atoms with E-state index in [4.69, 9.17) is 5.73 Å². The molecule has 2 N–H and O–H groups in total. The first-order chi connectivity index (χ1) is 7.92. The Kier molecular flexibility index (Phi) is 3.99. The van der Waals surface area contributed by atoms with Crippen molar-refractivity contribution in [3.05, 3.63) is 23.8 Å². The zero-order valence-corrected chi connectivity index (χ0v) is 8.54. The summed E-state index contributed by atoms with van der Waals surface area (Å²) in [4.78, 5) is 10.0. The predicted molar refractivity (Wildman–Crippen MR) is 55.1 cm³/mol. The van der Waals surface area contributed by atoms with Crippen LogP contribution in [0.2, 0.25) is 0 Å². The molecule has 6 heteroatoms. The fraction of sp³-hybridized carbons (Fsp3) is 0.182. The summed E-state index contributed by atoms with van der Waals surface area (Å²) in [5, 5.41) is 0. The largest absolute Gasteiger partial charge is 0.573 e. The fourth-order valence-corrected chi connectivity index (χ4v) is 1.03. The van der Waals surface area contributed by atoms with Crippen LogP contribution in [0.25, 0.3) is 0 Å². The third-order valence-corrected chi connectivity index (χ3v) is 1.67. The Morgan fingerprint density at radius 3 is 2.71 bits per heavy atom. The molecule has 0 fully saturated rings. The van der Waals surface area contributed by atoms with Crippen LogP contribution in [0.15, 0.2) is 18.2 Å². The Labute approximate surface area is 95.4 Å². The third kappa shape index (κ3) is 4.47. The number of ether oxygens (including phenoxy) is 1. The average Bonchev–Trinajstić information content (AvgIpc) is 2.21. The molecular weight excluding hydrogens is 235 g/mol. The minimum atomic E-state index is -4.76. The number of carbonyl (C=O) groups excluding carboxylic acids is 1. The number of nitrogen functional groups attached to an aromatic ring is 1. The van der Waals surface area contributed by atoms with E-state index in [1.165, 1.54) is 6.07 Å². The molecule has 0 aromatic heterocycles. The first-order valence-electron chi connectivity index (χ1n) is 4.50. The predicted octanol–water partition coefficient (Wildman–Crippen LogP) is 2.11. The van der Waals surface area contributed by atoms with Gasteiger partial charge in [0.2, 0.25) is 0 Å². The minimum absolute atomic E-state index is 0.0101. The number of carbonyl (C=O) groups is 1. The van der Waals surface area contributed by atoms with Crippen molar-refractivity contribution in [3.8, 4) is 17.6 Å². The van der Waals surface area contributed by atoms with Crippen LogP contribution >= 0.6 is 0 Å². The van der Waals surface area contributed by atoms with E-state index >= 15 is 0 Å². The SMILES string of the molecule is Nc1ccc(OC(F)(F)F)cc1C#CCC=O. The number of nitrogens with two attached hydrogens (primary N) is 1. The summed E-state index contributed by atoms with van der Waals surface area (Å²) in [7, 11) is 0. The Hall–Kier alpha value is -2.16. The van der Waals surface area contributed by atoms with Gasteiger partial charge in [-0.1, -0.05) is 11.8 Å². The lowest BCUT2D eigenvalue weighted by atomic mass is 10.1. The monoisotopic (exact) mass is 243 g/mol. The van der Waals surface area contributed by atoms with Gasteiger partial charge in [-0.15, -0.1) is 13.2 Å². The highest BCUT2D eigenvalue weighted by Crippen LogP contribution is 2.25. The van der Waals surface area contributed by atoms with Crippen molar-refractivity contribution < 1.29 is 22.7 Å². The van der Waals surface area contributed by atoms with Gasteiger partial charge >= 0.3 is 6.36 Å². The van der Waals surface area contributed by atoms with Crippen LogP contribution in [0.4, 0.5) is 18.9 Å². The number of anilines is 1. The van der Waals surface area contributed by atoms with Gasteiger partial charge in [-0.25, -0.2) is 0 Å². The molecule has 1 rings (SSSR count). The van der Waals surface area contributed by atoms with E-state index < -0.39 is 12.1 Å². The molecule has 0 radical (unpaired) electrons. The topological polar surface area (TPSA) is 52.3 Å². The van der Waals surface area contributed by atoms with E-state index in [0.29, 0.717) is 6.29 Å². The molecule has 0 aliphatic heterocycles. The van der Waals surface area contributed by atoms with Gasteiger partial charge in [-0.2, -0.15) is 0 Å². The molecule has 0 aliphatic carbocycles. The molecule has 0 aliphatic rings. The van der Waals surface area contributed by atoms with E-state index in [2.05, 4.69) is 16.6 Å². The maximum atomic E-state index is 11.9. The molecule has 0 saturated carbocycles. The highest BCUT2D eigenvalue weighted by molar-refractivity contribution is 5.60. The van der Waals surface area contributed by atoms with Crippen molar-refractivity contribution in [2.24, 2.45) is 0 Å². The molecule has 90 valence electrons. The first kappa shape index (κ1) is 12.9. The molecule has 3 nitrogen and oxygen atoms in total. The van der Waals surface area contributed by atoms with Crippen molar-refractivity contribution in [2.45, 2.75) is 12.8 Å². The zero-order valence-electron chi connectivity index (χ0n) is 8.54. The van der Waals surface area contributed by atoms with Crippen LogP contribution in [-0.2, 0) is 4.79 Å². The van der Waals surface area contributed by atoms with E-state index in [9.17, 15) is 18.0 Å². The van der Waals surface area contributed by atoms with Crippen LogP contribution in [-0.4, -0.2) is 12.6 Å². The molecule has 17 heavy (non-hydrogen) atoms. The Bertz CT molecular complexity index is 472. The van der Waals surface area contributed by atoms with Crippen LogP contribution in [0.3, 0.4) is 0 Å².